The van der Waals surface area contributed by atoms with Gasteiger partial charge >= 0.3 is 0 Å². The molecule has 0 unspecified atom stereocenters. The van der Waals surface area contributed by atoms with Gasteiger partial charge in [0.2, 0.25) is 17.7 Å². The number of hydrogen-bond donors (Lipinski definition) is 3. The van der Waals surface area contributed by atoms with Gasteiger partial charge in [0.1, 0.15) is 0 Å². The van der Waals surface area contributed by atoms with Crippen molar-refractivity contribution in [1.29, 1.82) is 0 Å². The van der Waals surface area contributed by atoms with E-state index in [1.807, 2.05) is 25.1 Å². The lowest BCUT2D eigenvalue weighted by Crippen LogP contribution is -2.50. The van der Waals surface area contributed by atoms with Crippen LogP contribution >= 0.6 is 12.2 Å². The molecular formula is C20H29N5O3S. The highest BCUT2D eigenvalue weighted by molar-refractivity contribution is 7.80. The number of thiocarbonyl (C=S) groups is 1. The molecule has 2 rings (SSSR count). The van der Waals surface area contributed by atoms with Crippen LogP contribution < -0.4 is 16.2 Å². The number of carbonyl (C=O) groups is 3. The Morgan fingerprint density at radius 3 is 2.31 bits per heavy atom. The topological polar surface area (TPSA) is 93.8 Å². The standard InChI is InChI=1S/C20H29N5O3S/c1-4-16-7-5-6-14(2)19(16)21-20(29)23-22-17(27)8-9-18(28)25-12-10-24(11-13-25)15(3)26/h5-7H,4,8-13H2,1-3H3,(H,22,27)(H2,21,23,29). The maximum Gasteiger partial charge on any atom is 0.238 e. The van der Waals surface area contributed by atoms with Gasteiger partial charge in [0.25, 0.3) is 0 Å². The summed E-state index contributed by atoms with van der Waals surface area (Å²) in [4.78, 5) is 39.0. The summed E-state index contributed by atoms with van der Waals surface area (Å²) in [6.45, 7) is 7.65. The first kappa shape index (κ1) is 22.6. The van der Waals surface area contributed by atoms with Crippen molar-refractivity contribution in [2.45, 2.75) is 40.0 Å². The number of amides is 3. The molecule has 9 heteroatoms. The molecule has 0 aliphatic carbocycles. The van der Waals surface area contributed by atoms with Crippen molar-refractivity contribution in [3.05, 3.63) is 29.3 Å². The molecule has 0 radical (unpaired) electrons. The lowest BCUT2D eigenvalue weighted by atomic mass is 10.1. The van der Waals surface area contributed by atoms with Gasteiger partial charge in [0, 0.05) is 51.6 Å². The molecule has 0 atom stereocenters. The van der Waals surface area contributed by atoms with Crippen molar-refractivity contribution >= 4 is 40.7 Å². The van der Waals surface area contributed by atoms with Crippen LogP contribution in [0.4, 0.5) is 5.69 Å². The molecule has 0 spiro atoms. The Morgan fingerprint density at radius 1 is 1.03 bits per heavy atom. The number of anilines is 1. The molecule has 3 N–H and O–H groups in total. The van der Waals surface area contributed by atoms with Gasteiger partial charge in [-0.15, -0.1) is 0 Å². The molecule has 0 saturated carbocycles. The molecule has 0 aromatic heterocycles. The van der Waals surface area contributed by atoms with Gasteiger partial charge in [-0.2, -0.15) is 0 Å². The molecule has 158 valence electrons. The molecule has 29 heavy (non-hydrogen) atoms. The molecule has 1 aliphatic rings. The molecule has 0 bridgehead atoms. The van der Waals surface area contributed by atoms with Crippen molar-refractivity contribution < 1.29 is 14.4 Å². The summed E-state index contributed by atoms with van der Waals surface area (Å²) in [5.41, 5.74) is 8.34. The number of nitrogens with zero attached hydrogens (tertiary/aromatic N) is 2. The molecule has 1 saturated heterocycles. The normalized spacial score (nSPS) is 13.6. The van der Waals surface area contributed by atoms with Crippen LogP contribution in [0, 0.1) is 6.92 Å². The molecule has 1 heterocycles. The second kappa shape index (κ2) is 10.8. The first-order chi connectivity index (χ1) is 13.8. The zero-order valence-corrected chi connectivity index (χ0v) is 18.0. The van der Waals surface area contributed by atoms with Crippen molar-refractivity contribution in [3.8, 4) is 0 Å². The number of nitrogens with one attached hydrogen (secondary N) is 3. The van der Waals surface area contributed by atoms with Crippen molar-refractivity contribution in [2.24, 2.45) is 0 Å². The monoisotopic (exact) mass is 419 g/mol. The summed E-state index contributed by atoms with van der Waals surface area (Å²) >= 11 is 5.25. The number of piperazine rings is 1. The number of benzene rings is 1. The average Bonchev–Trinajstić information content (AvgIpc) is 2.71. The SMILES string of the molecule is CCc1cccc(C)c1NC(=S)NNC(=O)CCC(=O)N1CCN(C(C)=O)CC1. The van der Waals surface area contributed by atoms with E-state index in [-0.39, 0.29) is 35.7 Å². The molecule has 1 aliphatic heterocycles. The number of hydrazine groups is 1. The fourth-order valence-electron chi connectivity index (χ4n) is 3.19. The van der Waals surface area contributed by atoms with E-state index in [9.17, 15) is 14.4 Å². The third-order valence-electron chi connectivity index (χ3n) is 4.94. The Kier molecular flexibility index (Phi) is 8.38. The fraction of sp³-hybridized carbons (Fsp3) is 0.500. The third kappa shape index (κ3) is 6.70. The first-order valence-corrected chi connectivity index (χ1v) is 10.2. The van der Waals surface area contributed by atoms with Crippen LogP contribution in [-0.4, -0.2) is 58.8 Å². The Balaban J connectivity index is 1.71. The number of carbonyl (C=O) groups excluding carboxylic acids is 3. The minimum atomic E-state index is -0.314. The van der Waals surface area contributed by atoms with Crippen molar-refractivity contribution in [1.82, 2.24) is 20.7 Å². The minimum absolute atomic E-state index is 0.0175. The highest BCUT2D eigenvalue weighted by Gasteiger charge is 2.22. The number of aryl methyl sites for hydroxylation is 2. The number of para-hydroxylation sites is 1. The second-order valence-electron chi connectivity index (χ2n) is 6.98. The summed E-state index contributed by atoms with van der Waals surface area (Å²) < 4.78 is 0. The zero-order valence-electron chi connectivity index (χ0n) is 17.2. The van der Waals surface area contributed by atoms with Gasteiger partial charge in [0.05, 0.1) is 0 Å². The molecule has 1 aromatic rings. The Morgan fingerprint density at radius 2 is 1.69 bits per heavy atom. The Labute approximate surface area is 177 Å². The van der Waals surface area contributed by atoms with Gasteiger partial charge in [-0.1, -0.05) is 25.1 Å². The fourth-order valence-corrected chi connectivity index (χ4v) is 3.34. The number of hydrogen-bond acceptors (Lipinski definition) is 4. The maximum absolute atomic E-state index is 12.3. The van der Waals surface area contributed by atoms with E-state index in [1.165, 1.54) is 6.92 Å². The molecule has 1 aromatic carbocycles. The van der Waals surface area contributed by atoms with Gasteiger partial charge in [-0.25, -0.2) is 0 Å². The third-order valence-corrected chi connectivity index (χ3v) is 5.14. The van der Waals surface area contributed by atoms with E-state index in [0.717, 1.165) is 23.2 Å². The van der Waals surface area contributed by atoms with Gasteiger partial charge in [0.15, 0.2) is 5.11 Å². The summed E-state index contributed by atoms with van der Waals surface area (Å²) in [7, 11) is 0. The van der Waals surface area contributed by atoms with Crippen LogP contribution in [0.1, 0.15) is 37.8 Å². The largest absolute Gasteiger partial charge is 0.339 e. The lowest BCUT2D eigenvalue weighted by Gasteiger charge is -2.34. The Bertz CT molecular complexity index is 775. The smallest absolute Gasteiger partial charge is 0.238 e. The predicted molar refractivity (Wildman–Crippen MR) is 116 cm³/mol. The van der Waals surface area contributed by atoms with E-state index >= 15 is 0 Å². The van der Waals surface area contributed by atoms with Crippen LogP contribution in [0.5, 0.6) is 0 Å². The summed E-state index contributed by atoms with van der Waals surface area (Å²) in [5.74, 6) is -0.384. The molecule has 1 fully saturated rings. The molecular weight excluding hydrogens is 390 g/mol. The van der Waals surface area contributed by atoms with Crippen LogP contribution in [0.15, 0.2) is 18.2 Å². The van der Waals surface area contributed by atoms with Crippen molar-refractivity contribution in [2.75, 3.05) is 31.5 Å². The van der Waals surface area contributed by atoms with Gasteiger partial charge < -0.3 is 15.1 Å². The van der Waals surface area contributed by atoms with E-state index in [0.29, 0.717) is 26.2 Å². The summed E-state index contributed by atoms with van der Waals surface area (Å²) in [6.07, 6.45) is 1.04. The van der Waals surface area contributed by atoms with E-state index < -0.39 is 0 Å². The van der Waals surface area contributed by atoms with Gasteiger partial charge in [-0.3, -0.25) is 25.2 Å². The first-order valence-electron chi connectivity index (χ1n) is 9.79. The average molecular weight is 420 g/mol. The van der Waals surface area contributed by atoms with E-state index in [4.69, 9.17) is 12.2 Å². The highest BCUT2D eigenvalue weighted by atomic mass is 32.1. The van der Waals surface area contributed by atoms with Gasteiger partial charge in [-0.05, 0) is 36.7 Å². The van der Waals surface area contributed by atoms with Crippen LogP contribution in [-0.2, 0) is 20.8 Å². The maximum atomic E-state index is 12.3. The predicted octanol–water partition coefficient (Wildman–Crippen LogP) is 1.35. The summed E-state index contributed by atoms with van der Waals surface area (Å²) in [5, 5.41) is 3.40. The van der Waals surface area contributed by atoms with Crippen LogP contribution in [0.2, 0.25) is 0 Å². The van der Waals surface area contributed by atoms with Crippen molar-refractivity contribution in [3.63, 3.8) is 0 Å². The molecule has 3 amide bonds. The zero-order chi connectivity index (χ0) is 21.4. The minimum Gasteiger partial charge on any atom is -0.339 e. The Hall–Kier alpha value is -2.68. The van der Waals surface area contributed by atoms with E-state index in [2.05, 4.69) is 23.1 Å². The second-order valence-corrected chi connectivity index (χ2v) is 7.38. The van der Waals surface area contributed by atoms with Crippen LogP contribution in [0.3, 0.4) is 0 Å². The highest BCUT2D eigenvalue weighted by Crippen LogP contribution is 2.20. The summed E-state index contributed by atoms with van der Waals surface area (Å²) in [6, 6.07) is 6.01. The van der Waals surface area contributed by atoms with Crippen LogP contribution in [0.25, 0.3) is 0 Å². The molecule has 8 nitrogen and oxygen atoms in total. The van der Waals surface area contributed by atoms with E-state index in [1.54, 1.807) is 9.80 Å². The quantitative estimate of drug-likeness (QED) is 0.493. The number of rotatable bonds is 5. The lowest BCUT2D eigenvalue weighted by molar-refractivity contribution is -0.139.